The van der Waals surface area contributed by atoms with Crippen molar-refractivity contribution in [3.05, 3.63) is 72.6 Å². The normalized spacial score (nSPS) is 10.4. The average molecular weight is 312 g/mol. The molecule has 6 heteroatoms. The van der Waals surface area contributed by atoms with Crippen LogP contribution in [0.25, 0.3) is 0 Å². The van der Waals surface area contributed by atoms with Crippen LogP contribution in [0.5, 0.6) is 0 Å². The summed E-state index contributed by atoms with van der Waals surface area (Å²) in [6, 6.07) is 14.9. The quantitative estimate of drug-likeness (QED) is 0.781. The largest absolute Gasteiger partial charge is 0.335 e. The first-order valence-electron chi connectivity index (χ1n) is 6.97. The van der Waals surface area contributed by atoms with E-state index in [2.05, 4.69) is 15.3 Å². The van der Waals surface area contributed by atoms with Crippen molar-refractivity contribution < 1.29 is 8.78 Å². The summed E-state index contributed by atoms with van der Waals surface area (Å²) >= 11 is 0. The predicted molar refractivity (Wildman–Crippen MR) is 86.2 cm³/mol. The Bertz CT molecular complexity index is 788. The van der Waals surface area contributed by atoms with E-state index >= 15 is 0 Å². The Labute approximate surface area is 132 Å². The second-order valence-electron chi connectivity index (χ2n) is 4.88. The molecule has 3 aromatic rings. The predicted octanol–water partition coefficient (Wildman–Crippen LogP) is 4.27. The van der Waals surface area contributed by atoms with E-state index in [1.807, 2.05) is 42.3 Å². The van der Waals surface area contributed by atoms with E-state index in [4.69, 9.17) is 0 Å². The Morgan fingerprint density at radius 2 is 1.61 bits per heavy atom. The molecule has 3 rings (SSSR count). The number of rotatable bonds is 4. The number of hydrogen-bond donors (Lipinski definition) is 1. The lowest BCUT2D eigenvalue weighted by Gasteiger charge is -2.18. The smallest absolute Gasteiger partial charge is 0.149 e. The molecule has 1 aromatic heterocycles. The fraction of sp³-hybridized carbons (Fsp3) is 0.0588. The minimum Gasteiger partial charge on any atom is -0.335 e. The van der Waals surface area contributed by atoms with Gasteiger partial charge in [0.05, 0.1) is 0 Å². The molecular weight excluding hydrogens is 298 g/mol. The fourth-order valence-electron chi connectivity index (χ4n) is 2.13. The molecular formula is C17H14F2N4. The van der Waals surface area contributed by atoms with Crippen LogP contribution < -0.4 is 10.2 Å². The molecule has 1 heterocycles. The molecule has 0 atom stereocenters. The lowest BCUT2D eigenvalue weighted by atomic mass is 10.3. The van der Waals surface area contributed by atoms with Crippen LogP contribution in [0.1, 0.15) is 0 Å². The highest BCUT2D eigenvalue weighted by molar-refractivity contribution is 5.64. The van der Waals surface area contributed by atoms with E-state index in [0.717, 1.165) is 5.69 Å². The molecule has 0 aliphatic heterocycles. The van der Waals surface area contributed by atoms with Crippen molar-refractivity contribution >= 4 is 23.0 Å². The summed E-state index contributed by atoms with van der Waals surface area (Å²) < 4.78 is 27.4. The van der Waals surface area contributed by atoms with Gasteiger partial charge in [0.1, 0.15) is 35.3 Å². The first-order valence-corrected chi connectivity index (χ1v) is 6.97. The van der Waals surface area contributed by atoms with E-state index in [9.17, 15) is 8.78 Å². The summed E-state index contributed by atoms with van der Waals surface area (Å²) in [4.78, 5) is 10.1. The van der Waals surface area contributed by atoms with E-state index < -0.39 is 11.6 Å². The third kappa shape index (κ3) is 3.26. The molecule has 116 valence electrons. The summed E-state index contributed by atoms with van der Waals surface area (Å²) in [5, 5.41) is 2.66. The molecule has 4 nitrogen and oxygen atoms in total. The van der Waals surface area contributed by atoms with Crippen LogP contribution in [0.4, 0.5) is 31.8 Å². The maximum absolute atomic E-state index is 13.7. The van der Waals surface area contributed by atoms with Gasteiger partial charge in [0.15, 0.2) is 0 Å². The van der Waals surface area contributed by atoms with Gasteiger partial charge in [-0.3, -0.25) is 0 Å². The Balaban J connectivity index is 1.89. The summed E-state index contributed by atoms with van der Waals surface area (Å²) in [6.45, 7) is 0. The average Bonchev–Trinajstić information content (AvgIpc) is 2.59. The van der Waals surface area contributed by atoms with E-state index in [0.29, 0.717) is 11.6 Å². The van der Waals surface area contributed by atoms with E-state index in [1.54, 1.807) is 6.07 Å². The summed E-state index contributed by atoms with van der Waals surface area (Å²) in [7, 11) is 1.85. The van der Waals surface area contributed by atoms with Crippen molar-refractivity contribution in [2.24, 2.45) is 0 Å². The van der Waals surface area contributed by atoms with Crippen molar-refractivity contribution in [3.8, 4) is 0 Å². The lowest BCUT2D eigenvalue weighted by molar-refractivity contribution is 0.590. The van der Waals surface area contributed by atoms with Gasteiger partial charge in [-0.05, 0) is 24.3 Å². The number of benzene rings is 2. The molecule has 2 aromatic carbocycles. The second kappa shape index (κ2) is 6.39. The Morgan fingerprint density at radius 3 is 2.30 bits per heavy atom. The zero-order valence-corrected chi connectivity index (χ0v) is 12.4. The van der Waals surface area contributed by atoms with Crippen LogP contribution in [-0.4, -0.2) is 17.0 Å². The van der Waals surface area contributed by atoms with Crippen LogP contribution in [-0.2, 0) is 0 Å². The number of nitrogens with one attached hydrogen (secondary N) is 1. The minimum absolute atomic E-state index is 0.237. The summed E-state index contributed by atoms with van der Waals surface area (Å²) in [6.07, 6.45) is 1.34. The topological polar surface area (TPSA) is 41.0 Å². The number of hydrogen-bond acceptors (Lipinski definition) is 4. The molecule has 0 aliphatic rings. The Kier molecular flexibility index (Phi) is 4.14. The highest BCUT2D eigenvalue weighted by Gasteiger charge is 2.11. The van der Waals surface area contributed by atoms with Crippen LogP contribution >= 0.6 is 0 Å². The molecule has 0 saturated carbocycles. The highest BCUT2D eigenvalue weighted by atomic mass is 19.1. The SMILES string of the molecule is CN(c1ccccc1)c1cc(Nc2c(F)cccc2F)ncn1. The standard InChI is InChI=1S/C17H14F2N4/c1-23(12-6-3-2-4-7-12)16-10-15(20-11-21-16)22-17-13(18)8-5-9-14(17)19/h2-11H,1H3,(H,20,21,22). The minimum atomic E-state index is -0.679. The van der Waals surface area contributed by atoms with Gasteiger partial charge >= 0.3 is 0 Å². The molecule has 0 amide bonds. The van der Waals surface area contributed by atoms with Gasteiger partial charge in [0.25, 0.3) is 0 Å². The van der Waals surface area contributed by atoms with Crippen molar-refractivity contribution in [2.75, 3.05) is 17.3 Å². The van der Waals surface area contributed by atoms with E-state index in [-0.39, 0.29) is 5.69 Å². The molecule has 0 aliphatic carbocycles. The van der Waals surface area contributed by atoms with Gasteiger partial charge in [-0.15, -0.1) is 0 Å². The first kappa shape index (κ1) is 14.9. The molecule has 0 spiro atoms. The molecule has 0 unspecified atom stereocenters. The number of aromatic nitrogens is 2. The van der Waals surface area contributed by atoms with Gasteiger partial charge in [-0.1, -0.05) is 24.3 Å². The number of anilines is 4. The zero-order chi connectivity index (χ0) is 16.2. The molecule has 23 heavy (non-hydrogen) atoms. The first-order chi connectivity index (χ1) is 11.1. The number of para-hydroxylation sites is 2. The highest BCUT2D eigenvalue weighted by Crippen LogP contribution is 2.25. The number of halogens is 2. The maximum atomic E-state index is 13.7. The third-order valence-electron chi connectivity index (χ3n) is 3.36. The second-order valence-corrected chi connectivity index (χ2v) is 4.88. The maximum Gasteiger partial charge on any atom is 0.149 e. The van der Waals surface area contributed by atoms with Crippen molar-refractivity contribution in [3.63, 3.8) is 0 Å². The molecule has 0 saturated heterocycles. The van der Waals surface area contributed by atoms with Crippen molar-refractivity contribution in [2.45, 2.75) is 0 Å². The van der Waals surface area contributed by atoms with Crippen molar-refractivity contribution in [1.82, 2.24) is 9.97 Å². The molecule has 0 bridgehead atoms. The number of nitrogens with zero attached hydrogens (tertiary/aromatic N) is 3. The lowest BCUT2D eigenvalue weighted by Crippen LogP contribution is -2.11. The van der Waals surface area contributed by atoms with Gasteiger partial charge in [0.2, 0.25) is 0 Å². The Morgan fingerprint density at radius 1 is 0.913 bits per heavy atom. The molecule has 0 fully saturated rings. The fourth-order valence-corrected chi connectivity index (χ4v) is 2.13. The van der Waals surface area contributed by atoms with Crippen LogP contribution in [0.2, 0.25) is 0 Å². The van der Waals surface area contributed by atoms with Gasteiger partial charge in [-0.2, -0.15) is 0 Å². The van der Waals surface area contributed by atoms with Gasteiger partial charge in [-0.25, -0.2) is 18.7 Å². The monoisotopic (exact) mass is 312 g/mol. The summed E-state index contributed by atoms with van der Waals surface area (Å²) in [5.41, 5.74) is 0.703. The van der Waals surface area contributed by atoms with E-state index in [1.165, 1.54) is 24.5 Å². The molecule has 1 N–H and O–H groups in total. The Hall–Kier alpha value is -3.02. The van der Waals surface area contributed by atoms with Crippen LogP contribution in [0.3, 0.4) is 0 Å². The summed E-state index contributed by atoms with van der Waals surface area (Å²) in [5.74, 6) is -0.449. The zero-order valence-electron chi connectivity index (χ0n) is 12.4. The van der Waals surface area contributed by atoms with Crippen molar-refractivity contribution in [1.29, 1.82) is 0 Å². The van der Waals surface area contributed by atoms with Crippen LogP contribution in [0, 0.1) is 11.6 Å². The van der Waals surface area contributed by atoms with Gasteiger partial charge in [0, 0.05) is 18.8 Å². The van der Waals surface area contributed by atoms with Crippen LogP contribution in [0.15, 0.2) is 60.9 Å². The molecule has 0 radical (unpaired) electrons. The third-order valence-corrected chi connectivity index (χ3v) is 3.36. The van der Waals surface area contributed by atoms with Gasteiger partial charge < -0.3 is 10.2 Å².